The molecule has 13 heavy (non-hydrogen) atoms. The number of aliphatic imine (C=N–C) groups is 1. The number of hydrogen-bond donors (Lipinski definition) is 1. The summed E-state index contributed by atoms with van der Waals surface area (Å²) < 4.78 is 0. The Bertz CT molecular complexity index is 328. The number of amidine groups is 1. The van der Waals surface area contributed by atoms with Crippen LogP contribution < -0.4 is 5.73 Å². The van der Waals surface area contributed by atoms with Crippen LogP contribution in [0.2, 0.25) is 5.02 Å². The van der Waals surface area contributed by atoms with Gasteiger partial charge < -0.3 is 5.73 Å². The van der Waals surface area contributed by atoms with E-state index in [0.29, 0.717) is 10.9 Å². The van der Waals surface area contributed by atoms with Gasteiger partial charge in [0.25, 0.3) is 0 Å². The number of benzene rings is 1. The Morgan fingerprint density at radius 2 is 1.92 bits per heavy atom. The lowest BCUT2D eigenvalue weighted by Crippen LogP contribution is -2.06. The number of rotatable bonds is 2. The quantitative estimate of drug-likeness (QED) is 0.597. The molecule has 4 heteroatoms. The highest BCUT2D eigenvalue weighted by atomic mass is 35.5. The number of nitrogens with zero attached hydrogens (tertiary/aromatic N) is 1. The maximum absolute atomic E-state index is 5.69. The monoisotopic (exact) mass is 214 g/mol. The van der Waals surface area contributed by atoms with Crippen molar-refractivity contribution in [3.05, 3.63) is 40.9 Å². The smallest absolute Gasteiger partial charge is 0.124 e. The highest BCUT2D eigenvalue weighted by Crippen LogP contribution is 2.15. The largest absolute Gasteiger partial charge is 0.384 e. The van der Waals surface area contributed by atoms with Crippen molar-refractivity contribution in [1.82, 2.24) is 0 Å². The van der Waals surface area contributed by atoms with Gasteiger partial charge in [-0.15, -0.1) is 0 Å². The third-order valence-electron chi connectivity index (χ3n) is 1.32. The Kier molecular flexibility index (Phi) is 3.80. The van der Waals surface area contributed by atoms with Gasteiger partial charge in [0.1, 0.15) is 5.84 Å². The molecule has 0 saturated heterocycles. The summed E-state index contributed by atoms with van der Waals surface area (Å²) in [7, 11) is 0. The molecular weight excluding hydrogens is 207 g/mol. The molecule has 0 heterocycles. The van der Waals surface area contributed by atoms with Crippen LogP contribution in [0.1, 0.15) is 0 Å². The Morgan fingerprint density at radius 3 is 2.46 bits per heavy atom. The molecule has 1 aromatic carbocycles. The predicted molar refractivity (Wildman–Crippen MR) is 57.7 cm³/mol. The first-order valence-corrected chi connectivity index (χ1v) is 4.40. The molecule has 68 valence electrons. The molecule has 0 amide bonds. The fourth-order valence-corrected chi connectivity index (χ4v) is 1.02. The Hall–Kier alpha value is -0.990. The van der Waals surface area contributed by atoms with E-state index in [4.69, 9.17) is 28.9 Å². The first-order chi connectivity index (χ1) is 6.22. The standard InChI is InChI=1S/C9H8Cl2N2/c10-6-5-9(12)13-8-3-1-7(11)2-4-8/h1-6H,(H2,12,13)/b6-5+. The molecule has 0 aromatic heterocycles. The van der Waals surface area contributed by atoms with Crippen molar-refractivity contribution in [3.63, 3.8) is 0 Å². The van der Waals surface area contributed by atoms with Crippen LogP contribution in [0.25, 0.3) is 0 Å². The SMILES string of the molecule is NC(/C=C/Cl)=Nc1ccc(Cl)cc1. The molecule has 0 unspecified atom stereocenters. The van der Waals surface area contributed by atoms with Gasteiger partial charge in [-0.3, -0.25) is 0 Å². The highest BCUT2D eigenvalue weighted by Gasteiger charge is 1.90. The molecule has 0 fully saturated rings. The van der Waals surface area contributed by atoms with Crippen molar-refractivity contribution in [2.75, 3.05) is 0 Å². The predicted octanol–water partition coefficient (Wildman–Crippen LogP) is 3.08. The van der Waals surface area contributed by atoms with Gasteiger partial charge in [-0.1, -0.05) is 23.2 Å². The Balaban J connectivity index is 2.85. The maximum Gasteiger partial charge on any atom is 0.124 e. The summed E-state index contributed by atoms with van der Waals surface area (Å²) in [5.41, 5.74) is 7.56. The van der Waals surface area contributed by atoms with Gasteiger partial charge >= 0.3 is 0 Å². The lowest BCUT2D eigenvalue weighted by atomic mass is 10.3. The fraction of sp³-hybridized carbons (Fsp3) is 0. The molecule has 2 nitrogen and oxygen atoms in total. The minimum Gasteiger partial charge on any atom is -0.384 e. The van der Waals surface area contributed by atoms with E-state index in [1.54, 1.807) is 24.3 Å². The van der Waals surface area contributed by atoms with Crippen LogP contribution in [0.5, 0.6) is 0 Å². The topological polar surface area (TPSA) is 38.4 Å². The zero-order chi connectivity index (χ0) is 9.68. The van der Waals surface area contributed by atoms with E-state index in [1.165, 1.54) is 11.6 Å². The van der Waals surface area contributed by atoms with Crippen LogP contribution >= 0.6 is 23.2 Å². The van der Waals surface area contributed by atoms with Crippen molar-refractivity contribution in [1.29, 1.82) is 0 Å². The molecule has 0 aliphatic heterocycles. The number of halogens is 2. The summed E-state index contributed by atoms with van der Waals surface area (Å²) in [6.07, 6.45) is 1.51. The highest BCUT2D eigenvalue weighted by molar-refractivity contribution is 6.30. The molecule has 0 saturated carbocycles. The molecule has 0 spiro atoms. The minimum atomic E-state index is 0.359. The van der Waals surface area contributed by atoms with Gasteiger partial charge in [-0.05, 0) is 30.3 Å². The van der Waals surface area contributed by atoms with E-state index in [0.717, 1.165) is 5.69 Å². The van der Waals surface area contributed by atoms with E-state index in [1.807, 2.05) is 0 Å². The molecule has 0 bridgehead atoms. The second-order valence-electron chi connectivity index (χ2n) is 2.31. The first-order valence-electron chi connectivity index (χ1n) is 3.59. The van der Waals surface area contributed by atoms with Crippen LogP contribution in [0, 0.1) is 0 Å². The van der Waals surface area contributed by atoms with Gasteiger partial charge in [-0.25, -0.2) is 4.99 Å². The van der Waals surface area contributed by atoms with Crippen LogP contribution in [0.4, 0.5) is 5.69 Å². The molecule has 0 aliphatic rings. The van der Waals surface area contributed by atoms with Crippen LogP contribution in [0.15, 0.2) is 40.9 Å². The lowest BCUT2D eigenvalue weighted by molar-refractivity contribution is 1.48. The van der Waals surface area contributed by atoms with Crippen LogP contribution in [0.3, 0.4) is 0 Å². The first kappa shape index (κ1) is 10.1. The summed E-state index contributed by atoms with van der Waals surface area (Å²) in [5.74, 6) is 0.359. The second kappa shape index (κ2) is 4.90. The van der Waals surface area contributed by atoms with E-state index in [2.05, 4.69) is 4.99 Å². The third-order valence-corrected chi connectivity index (χ3v) is 1.70. The molecule has 1 rings (SSSR count). The molecule has 0 radical (unpaired) electrons. The van der Waals surface area contributed by atoms with Crippen molar-refractivity contribution in [2.45, 2.75) is 0 Å². The van der Waals surface area contributed by atoms with E-state index in [-0.39, 0.29) is 0 Å². The summed E-state index contributed by atoms with van der Waals surface area (Å²) in [6, 6.07) is 7.05. The summed E-state index contributed by atoms with van der Waals surface area (Å²) in [6.45, 7) is 0. The normalized spacial score (nSPS) is 12.3. The van der Waals surface area contributed by atoms with E-state index >= 15 is 0 Å². The number of nitrogens with two attached hydrogens (primary N) is 1. The second-order valence-corrected chi connectivity index (χ2v) is 2.99. The fourth-order valence-electron chi connectivity index (χ4n) is 0.767. The van der Waals surface area contributed by atoms with Crippen molar-refractivity contribution < 1.29 is 0 Å². The van der Waals surface area contributed by atoms with E-state index in [9.17, 15) is 0 Å². The zero-order valence-corrected chi connectivity index (χ0v) is 8.26. The van der Waals surface area contributed by atoms with Gasteiger partial charge in [0.05, 0.1) is 5.69 Å². The molecule has 1 aromatic rings. The van der Waals surface area contributed by atoms with Crippen molar-refractivity contribution >= 4 is 34.7 Å². The number of hydrogen-bond acceptors (Lipinski definition) is 1. The van der Waals surface area contributed by atoms with Gasteiger partial charge in [-0.2, -0.15) is 0 Å². The van der Waals surface area contributed by atoms with Gasteiger partial charge in [0, 0.05) is 10.6 Å². The van der Waals surface area contributed by atoms with Crippen LogP contribution in [-0.4, -0.2) is 5.84 Å². The average molecular weight is 215 g/mol. The maximum atomic E-state index is 5.69. The van der Waals surface area contributed by atoms with Crippen molar-refractivity contribution in [2.24, 2.45) is 10.7 Å². The minimum absolute atomic E-state index is 0.359. The summed E-state index contributed by atoms with van der Waals surface area (Å²) in [4.78, 5) is 4.05. The molecule has 0 aliphatic carbocycles. The third kappa shape index (κ3) is 3.49. The van der Waals surface area contributed by atoms with Crippen molar-refractivity contribution in [3.8, 4) is 0 Å². The van der Waals surface area contributed by atoms with Crippen LogP contribution in [-0.2, 0) is 0 Å². The van der Waals surface area contributed by atoms with E-state index < -0.39 is 0 Å². The average Bonchev–Trinajstić information content (AvgIpc) is 2.09. The van der Waals surface area contributed by atoms with Gasteiger partial charge in [0.15, 0.2) is 0 Å². The Labute approximate surface area is 86.7 Å². The molecule has 0 atom stereocenters. The zero-order valence-electron chi connectivity index (χ0n) is 6.74. The Morgan fingerprint density at radius 1 is 1.31 bits per heavy atom. The summed E-state index contributed by atoms with van der Waals surface area (Å²) in [5, 5.41) is 0.672. The lowest BCUT2D eigenvalue weighted by Gasteiger charge is -1.94. The van der Waals surface area contributed by atoms with Gasteiger partial charge in [0.2, 0.25) is 0 Å². The summed E-state index contributed by atoms with van der Waals surface area (Å²) >= 11 is 11.0. The molecule has 2 N–H and O–H groups in total. The molecular formula is C9H8Cl2N2.